The van der Waals surface area contributed by atoms with Gasteiger partial charge in [0.1, 0.15) is 0 Å². The smallest absolute Gasteiger partial charge is 0.166 e. The van der Waals surface area contributed by atoms with E-state index in [0.29, 0.717) is 29.4 Å². The molecule has 0 unspecified atom stereocenters. The molecule has 2 aromatic rings. The molecule has 0 spiro atoms. The quantitative estimate of drug-likeness (QED) is 0.431. The minimum absolute atomic E-state index is 0.0417. The molecule has 4 rings (SSSR count). The molecule has 0 nitrogen and oxygen atoms in total. The fourth-order valence-electron chi connectivity index (χ4n) is 5.86. The maximum absolute atomic E-state index is 15.0. The molecule has 0 saturated heterocycles. The normalized spacial score (nSPS) is 26.7. The number of halogens is 3. The number of rotatable bonds is 6. The van der Waals surface area contributed by atoms with Crippen LogP contribution >= 0.6 is 0 Å². The molecule has 0 amide bonds. The van der Waals surface area contributed by atoms with E-state index in [1.54, 1.807) is 12.1 Å². The summed E-state index contributed by atoms with van der Waals surface area (Å²) in [6.07, 6.45) is 10.3. The monoisotopic (exact) mass is 428 g/mol. The standard InChI is InChI=1S/C28H35F3/c1-2-19-3-7-21(8-4-19)22-11-13-24(14-12-22)26-16-15-25(27(30)28(26)31)23-9-5-20(6-10-23)17-18-29/h11-16,19-21,23H,2-10,17-18H2,1H3. The zero-order valence-electron chi connectivity index (χ0n) is 18.7. The second-order valence-corrected chi connectivity index (χ2v) is 9.77. The van der Waals surface area contributed by atoms with Gasteiger partial charge >= 0.3 is 0 Å². The van der Waals surface area contributed by atoms with Crippen molar-refractivity contribution in [1.29, 1.82) is 0 Å². The third kappa shape index (κ3) is 5.02. The van der Waals surface area contributed by atoms with Crippen LogP contribution in [0.2, 0.25) is 0 Å². The summed E-state index contributed by atoms with van der Waals surface area (Å²) in [6.45, 7) is 1.99. The number of benzene rings is 2. The zero-order chi connectivity index (χ0) is 21.8. The van der Waals surface area contributed by atoms with Crippen molar-refractivity contribution in [3.63, 3.8) is 0 Å². The van der Waals surface area contributed by atoms with Crippen LogP contribution in [0.25, 0.3) is 11.1 Å². The Balaban J connectivity index is 1.46. The number of hydrogen-bond acceptors (Lipinski definition) is 0. The van der Waals surface area contributed by atoms with Gasteiger partial charge < -0.3 is 0 Å². The Morgan fingerprint density at radius 1 is 0.710 bits per heavy atom. The fourth-order valence-corrected chi connectivity index (χ4v) is 5.86. The number of hydrogen-bond donors (Lipinski definition) is 0. The third-order valence-electron chi connectivity index (χ3n) is 8.03. The van der Waals surface area contributed by atoms with Crippen LogP contribution in [0.1, 0.15) is 94.1 Å². The van der Waals surface area contributed by atoms with Crippen molar-refractivity contribution < 1.29 is 13.2 Å². The van der Waals surface area contributed by atoms with Crippen LogP contribution in [-0.4, -0.2) is 6.67 Å². The van der Waals surface area contributed by atoms with Gasteiger partial charge in [0.25, 0.3) is 0 Å². The second kappa shape index (κ2) is 10.2. The lowest BCUT2D eigenvalue weighted by atomic mass is 9.77. The maximum Gasteiger partial charge on any atom is 0.166 e. The molecule has 0 N–H and O–H groups in total. The van der Waals surface area contributed by atoms with E-state index in [2.05, 4.69) is 19.1 Å². The predicted octanol–water partition coefficient (Wildman–Crippen LogP) is 8.95. The Morgan fingerprint density at radius 2 is 1.32 bits per heavy atom. The first-order chi connectivity index (χ1) is 15.1. The Morgan fingerprint density at radius 3 is 1.94 bits per heavy atom. The largest absolute Gasteiger partial charge is 0.251 e. The van der Waals surface area contributed by atoms with Gasteiger partial charge in [0.2, 0.25) is 0 Å². The molecule has 2 aliphatic rings. The first-order valence-electron chi connectivity index (χ1n) is 12.2. The van der Waals surface area contributed by atoms with E-state index in [0.717, 1.165) is 37.2 Å². The van der Waals surface area contributed by atoms with Crippen LogP contribution in [0.15, 0.2) is 36.4 Å². The Hall–Kier alpha value is -1.77. The summed E-state index contributed by atoms with van der Waals surface area (Å²) in [7, 11) is 0. The molecule has 31 heavy (non-hydrogen) atoms. The lowest BCUT2D eigenvalue weighted by Crippen LogP contribution is -2.15. The molecule has 0 aromatic heterocycles. The first kappa shape index (κ1) is 22.4. The van der Waals surface area contributed by atoms with E-state index in [1.165, 1.54) is 37.7 Å². The highest BCUT2D eigenvalue weighted by Gasteiger charge is 2.27. The van der Waals surface area contributed by atoms with Crippen molar-refractivity contribution in [2.24, 2.45) is 11.8 Å². The molecule has 168 valence electrons. The van der Waals surface area contributed by atoms with Crippen LogP contribution in [0, 0.1) is 23.5 Å². The molecule has 0 heterocycles. The molecule has 2 fully saturated rings. The average molecular weight is 429 g/mol. The topological polar surface area (TPSA) is 0 Å². The average Bonchev–Trinajstić information content (AvgIpc) is 2.82. The molecule has 2 saturated carbocycles. The van der Waals surface area contributed by atoms with E-state index in [1.807, 2.05) is 12.1 Å². The van der Waals surface area contributed by atoms with E-state index < -0.39 is 11.6 Å². The highest BCUT2D eigenvalue weighted by atomic mass is 19.2. The zero-order valence-corrected chi connectivity index (χ0v) is 18.7. The molecule has 0 bridgehead atoms. The van der Waals surface area contributed by atoms with Crippen LogP contribution in [0.5, 0.6) is 0 Å². The number of alkyl halides is 1. The SMILES string of the molecule is CCC1CCC(c2ccc(-c3ccc(C4CCC(CCF)CC4)c(F)c3F)cc2)CC1. The van der Waals surface area contributed by atoms with Gasteiger partial charge in [-0.15, -0.1) is 0 Å². The highest BCUT2D eigenvalue weighted by molar-refractivity contribution is 5.65. The predicted molar refractivity (Wildman–Crippen MR) is 122 cm³/mol. The Kier molecular flexibility index (Phi) is 7.40. The van der Waals surface area contributed by atoms with Gasteiger partial charge in [-0.2, -0.15) is 0 Å². The second-order valence-electron chi connectivity index (χ2n) is 9.77. The first-order valence-corrected chi connectivity index (χ1v) is 12.2. The van der Waals surface area contributed by atoms with Crippen LogP contribution < -0.4 is 0 Å². The van der Waals surface area contributed by atoms with Crippen molar-refractivity contribution in [1.82, 2.24) is 0 Å². The van der Waals surface area contributed by atoms with E-state index in [-0.39, 0.29) is 12.6 Å². The van der Waals surface area contributed by atoms with Gasteiger partial charge in [-0.25, -0.2) is 8.78 Å². The summed E-state index contributed by atoms with van der Waals surface area (Å²) >= 11 is 0. The van der Waals surface area contributed by atoms with Crippen molar-refractivity contribution >= 4 is 0 Å². The van der Waals surface area contributed by atoms with Gasteiger partial charge in [-0.3, -0.25) is 4.39 Å². The fraction of sp³-hybridized carbons (Fsp3) is 0.571. The summed E-state index contributed by atoms with van der Waals surface area (Å²) in [5, 5.41) is 0. The lowest BCUT2D eigenvalue weighted by Gasteiger charge is -2.29. The summed E-state index contributed by atoms with van der Waals surface area (Å²) in [5.41, 5.74) is 2.89. The van der Waals surface area contributed by atoms with Gasteiger partial charge in [0, 0.05) is 5.56 Å². The van der Waals surface area contributed by atoms with Crippen molar-refractivity contribution in [2.75, 3.05) is 6.67 Å². The van der Waals surface area contributed by atoms with E-state index in [4.69, 9.17) is 0 Å². The van der Waals surface area contributed by atoms with Crippen molar-refractivity contribution in [2.45, 2.75) is 83.0 Å². The van der Waals surface area contributed by atoms with Gasteiger partial charge in [-0.1, -0.05) is 49.7 Å². The van der Waals surface area contributed by atoms with Gasteiger partial charge in [-0.05, 0) is 98.1 Å². The molecular weight excluding hydrogens is 393 g/mol. The maximum atomic E-state index is 15.0. The molecule has 2 aliphatic carbocycles. The Labute approximate surface area is 185 Å². The Bertz CT molecular complexity index is 841. The molecule has 0 atom stereocenters. The van der Waals surface area contributed by atoms with Crippen molar-refractivity contribution in [3.05, 3.63) is 59.2 Å². The minimum Gasteiger partial charge on any atom is -0.251 e. The lowest BCUT2D eigenvalue weighted by molar-refractivity contribution is 0.280. The molecular formula is C28H35F3. The van der Waals surface area contributed by atoms with E-state index >= 15 is 4.39 Å². The van der Waals surface area contributed by atoms with Crippen LogP contribution in [-0.2, 0) is 0 Å². The summed E-state index contributed by atoms with van der Waals surface area (Å²) in [4.78, 5) is 0. The third-order valence-corrected chi connectivity index (χ3v) is 8.03. The molecule has 3 heteroatoms. The van der Waals surface area contributed by atoms with Crippen LogP contribution in [0.3, 0.4) is 0 Å². The summed E-state index contributed by atoms with van der Waals surface area (Å²) < 4.78 is 42.6. The summed E-state index contributed by atoms with van der Waals surface area (Å²) in [6, 6.07) is 11.6. The molecule has 0 aliphatic heterocycles. The van der Waals surface area contributed by atoms with Crippen LogP contribution in [0.4, 0.5) is 13.2 Å². The minimum atomic E-state index is -0.736. The molecule has 2 aromatic carbocycles. The molecule has 0 radical (unpaired) electrons. The summed E-state index contributed by atoms with van der Waals surface area (Å²) in [5.74, 6) is 0.454. The highest BCUT2D eigenvalue weighted by Crippen LogP contribution is 2.41. The van der Waals surface area contributed by atoms with Gasteiger partial charge in [0.05, 0.1) is 6.67 Å². The van der Waals surface area contributed by atoms with Crippen molar-refractivity contribution in [3.8, 4) is 11.1 Å². The van der Waals surface area contributed by atoms with Gasteiger partial charge in [0.15, 0.2) is 11.6 Å². The van der Waals surface area contributed by atoms with E-state index in [9.17, 15) is 8.78 Å².